The highest BCUT2D eigenvalue weighted by atomic mass is 16.5. The number of para-hydroxylation sites is 1. The first kappa shape index (κ1) is 17.4. The van der Waals surface area contributed by atoms with Gasteiger partial charge in [-0.15, -0.1) is 0 Å². The number of likely N-dealkylation sites (N-methyl/N-ethyl adjacent to an activating group) is 1. The lowest BCUT2D eigenvalue weighted by molar-refractivity contribution is 0.187. The normalized spacial score (nSPS) is 19.5. The average molecular weight is 361 g/mol. The maximum Gasteiger partial charge on any atom is 0.161 e. The van der Waals surface area contributed by atoms with Crippen molar-refractivity contribution in [2.24, 2.45) is 0 Å². The summed E-state index contributed by atoms with van der Waals surface area (Å²) in [6.45, 7) is 0. The van der Waals surface area contributed by atoms with E-state index >= 15 is 0 Å². The van der Waals surface area contributed by atoms with Crippen LogP contribution in [0, 0.1) is 11.3 Å². The second kappa shape index (κ2) is 6.98. The van der Waals surface area contributed by atoms with Gasteiger partial charge in [0.25, 0.3) is 0 Å². The first-order valence-electron chi connectivity index (χ1n) is 9.07. The van der Waals surface area contributed by atoms with Gasteiger partial charge in [0, 0.05) is 23.1 Å². The number of nitriles is 1. The Bertz CT molecular complexity index is 1020. The number of ether oxygens (including phenoxy) is 2. The van der Waals surface area contributed by atoms with E-state index in [2.05, 4.69) is 40.3 Å². The number of nitrogens with zero attached hydrogens (tertiary/aromatic N) is 2. The predicted molar refractivity (Wildman–Crippen MR) is 105 cm³/mol. The van der Waals surface area contributed by atoms with Gasteiger partial charge in [0.2, 0.25) is 0 Å². The molecular formula is C22H23N3O2. The molecule has 2 heterocycles. The second-order valence-electron chi connectivity index (χ2n) is 7.02. The molecule has 27 heavy (non-hydrogen) atoms. The van der Waals surface area contributed by atoms with E-state index in [1.54, 1.807) is 14.2 Å². The zero-order valence-corrected chi connectivity index (χ0v) is 15.8. The van der Waals surface area contributed by atoms with Crippen LogP contribution in [0.1, 0.15) is 22.7 Å². The summed E-state index contributed by atoms with van der Waals surface area (Å²) in [5.74, 6) is 1.38. The van der Waals surface area contributed by atoms with Crippen molar-refractivity contribution in [3.63, 3.8) is 0 Å². The lowest BCUT2D eigenvalue weighted by atomic mass is 9.86. The number of rotatable bonds is 4. The smallest absolute Gasteiger partial charge is 0.161 e. The molecule has 1 aromatic heterocycles. The molecule has 5 heteroatoms. The number of hydrogen-bond acceptors (Lipinski definition) is 4. The van der Waals surface area contributed by atoms with E-state index in [1.165, 1.54) is 10.9 Å². The molecule has 5 nitrogen and oxygen atoms in total. The van der Waals surface area contributed by atoms with E-state index in [-0.39, 0.29) is 12.1 Å². The summed E-state index contributed by atoms with van der Waals surface area (Å²) in [6, 6.07) is 14.7. The fourth-order valence-electron chi connectivity index (χ4n) is 4.13. The van der Waals surface area contributed by atoms with Crippen LogP contribution in [0.3, 0.4) is 0 Å². The van der Waals surface area contributed by atoms with Crippen molar-refractivity contribution >= 4 is 10.9 Å². The molecule has 0 aliphatic carbocycles. The minimum absolute atomic E-state index is 0.236. The van der Waals surface area contributed by atoms with Crippen LogP contribution in [0.2, 0.25) is 0 Å². The molecule has 1 aliphatic heterocycles. The third-order valence-corrected chi connectivity index (χ3v) is 5.63. The molecule has 0 amide bonds. The summed E-state index contributed by atoms with van der Waals surface area (Å²) < 4.78 is 10.9. The zero-order chi connectivity index (χ0) is 19.0. The van der Waals surface area contributed by atoms with Crippen molar-refractivity contribution in [2.75, 3.05) is 21.3 Å². The highest BCUT2D eigenvalue weighted by molar-refractivity contribution is 5.83. The van der Waals surface area contributed by atoms with Crippen molar-refractivity contribution in [3.8, 4) is 17.6 Å². The minimum Gasteiger partial charge on any atom is -0.493 e. The fourth-order valence-corrected chi connectivity index (χ4v) is 4.13. The van der Waals surface area contributed by atoms with Crippen LogP contribution >= 0.6 is 0 Å². The van der Waals surface area contributed by atoms with Crippen molar-refractivity contribution in [3.05, 3.63) is 59.3 Å². The van der Waals surface area contributed by atoms with Crippen LogP contribution in [0.25, 0.3) is 10.9 Å². The molecule has 1 N–H and O–H groups in total. The Morgan fingerprint density at radius 2 is 1.93 bits per heavy atom. The van der Waals surface area contributed by atoms with Crippen LogP contribution in [-0.2, 0) is 12.8 Å². The lowest BCUT2D eigenvalue weighted by Crippen LogP contribution is -2.42. The molecule has 0 saturated heterocycles. The minimum atomic E-state index is -0.302. The number of aromatic amines is 1. The largest absolute Gasteiger partial charge is 0.493 e. The quantitative estimate of drug-likeness (QED) is 0.767. The van der Waals surface area contributed by atoms with E-state index in [0.717, 1.165) is 29.5 Å². The van der Waals surface area contributed by atoms with Gasteiger partial charge in [0.05, 0.1) is 20.3 Å². The molecule has 4 rings (SSSR count). The molecule has 0 bridgehead atoms. The van der Waals surface area contributed by atoms with E-state index in [9.17, 15) is 5.26 Å². The van der Waals surface area contributed by atoms with Gasteiger partial charge < -0.3 is 14.5 Å². The van der Waals surface area contributed by atoms with E-state index < -0.39 is 0 Å². The Kier molecular flexibility index (Phi) is 4.51. The summed E-state index contributed by atoms with van der Waals surface area (Å²) in [4.78, 5) is 5.53. The fraction of sp³-hybridized carbons (Fsp3) is 0.318. The first-order valence-corrected chi connectivity index (χ1v) is 9.07. The number of benzene rings is 2. The average Bonchev–Trinajstić information content (AvgIpc) is 3.11. The number of fused-ring (bicyclic) bond motifs is 2. The van der Waals surface area contributed by atoms with Crippen molar-refractivity contribution < 1.29 is 9.47 Å². The van der Waals surface area contributed by atoms with Crippen LogP contribution in [0.4, 0.5) is 0 Å². The predicted octanol–water partition coefficient (Wildman–Crippen LogP) is 3.85. The Labute approximate surface area is 159 Å². The molecule has 1 aliphatic rings. The summed E-state index contributed by atoms with van der Waals surface area (Å²) in [6.07, 6.45) is 3.83. The van der Waals surface area contributed by atoms with Gasteiger partial charge in [0.1, 0.15) is 6.04 Å². The van der Waals surface area contributed by atoms with Gasteiger partial charge in [-0.3, -0.25) is 4.90 Å². The van der Waals surface area contributed by atoms with Crippen LogP contribution in [0.15, 0.2) is 42.6 Å². The topological polar surface area (TPSA) is 61.3 Å². The van der Waals surface area contributed by atoms with Gasteiger partial charge in [0.15, 0.2) is 11.5 Å². The highest BCUT2D eigenvalue weighted by Crippen LogP contribution is 2.40. The highest BCUT2D eigenvalue weighted by Gasteiger charge is 2.33. The van der Waals surface area contributed by atoms with Crippen molar-refractivity contribution in [1.29, 1.82) is 5.26 Å². The van der Waals surface area contributed by atoms with E-state index in [0.29, 0.717) is 11.5 Å². The summed E-state index contributed by atoms with van der Waals surface area (Å²) in [5.41, 5.74) is 4.59. The maximum absolute atomic E-state index is 9.84. The van der Waals surface area contributed by atoms with Gasteiger partial charge in [-0.2, -0.15) is 5.26 Å². The zero-order valence-electron chi connectivity index (χ0n) is 15.8. The van der Waals surface area contributed by atoms with Gasteiger partial charge in [-0.25, -0.2) is 0 Å². The van der Waals surface area contributed by atoms with Crippen LogP contribution in [0.5, 0.6) is 11.5 Å². The molecular weight excluding hydrogens is 338 g/mol. The van der Waals surface area contributed by atoms with Gasteiger partial charge >= 0.3 is 0 Å². The Balaban J connectivity index is 1.71. The molecule has 0 unspecified atom stereocenters. The van der Waals surface area contributed by atoms with Gasteiger partial charge in [-0.05, 0) is 54.8 Å². The van der Waals surface area contributed by atoms with Gasteiger partial charge in [-0.1, -0.05) is 18.2 Å². The van der Waals surface area contributed by atoms with Crippen molar-refractivity contribution in [2.45, 2.75) is 24.9 Å². The standard InChI is InChI=1S/C22H23N3O2/c1-25-16(9-15-13-24-19-7-5-4-6-17(15)19)8-14-10-21(26-2)22(27-3)11-18(14)20(25)12-23/h4-7,10-11,13,16,20,24H,8-9H2,1-3H3/t16-,20-/m1/s1. The summed E-state index contributed by atoms with van der Waals surface area (Å²) >= 11 is 0. The summed E-state index contributed by atoms with van der Waals surface area (Å²) in [7, 11) is 5.30. The first-order chi connectivity index (χ1) is 13.2. The molecule has 138 valence electrons. The molecule has 0 spiro atoms. The Morgan fingerprint density at radius 1 is 1.19 bits per heavy atom. The summed E-state index contributed by atoms with van der Waals surface area (Å²) in [5, 5.41) is 11.1. The number of nitrogens with one attached hydrogen (secondary N) is 1. The SMILES string of the molecule is COc1cc2c(cc1OC)[C@@H](C#N)N(C)[C@@H](Cc1c[nH]c3ccccc13)C2. The molecule has 0 saturated carbocycles. The molecule has 3 aromatic rings. The lowest BCUT2D eigenvalue weighted by Gasteiger charge is -2.38. The van der Waals surface area contributed by atoms with E-state index in [1.807, 2.05) is 25.2 Å². The molecule has 2 atom stereocenters. The van der Waals surface area contributed by atoms with Crippen LogP contribution in [-0.4, -0.2) is 37.2 Å². The Morgan fingerprint density at radius 3 is 2.67 bits per heavy atom. The van der Waals surface area contributed by atoms with Crippen molar-refractivity contribution in [1.82, 2.24) is 9.88 Å². The maximum atomic E-state index is 9.84. The molecule has 2 aromatic carbocycles. The molecule has 0 radical (unpaired) electrons. The third-order valence-electron chi connectivity index (χ3n) is 5.63. The second-order valence-corrected chi connectivity index (χ2v) is 7.02. The number of aromatic nitrogens is 1. The monoisotopic (exact) mass is 361 g/mol. The number of hydrogen-bond donors (Lipinski definition) is 1. The number of methoxy groups -OCH3 is 2. The van der Waals surface area contributed by atoms with Crippen LogP contribution < -0.4 is 9.47 Å². The Hall–Kier alpha value is -2.97. The molecule has 0 fully saturated rings. The number of H-pyrrole nitrogens is 1. The van der Waals surface area contributed by atoms with E-state index in [4.69, 9.17) is 9.47 Å². The third kappa shape index (κ3) is 2.92.